The number of aryl methyl sites for hydroxylation is 1. The van der Waals surface area contributed by atoms with E-state index in [2.05, 4.69) is 5.32 Å². The van der Waals surface area contributed by atoms with Crippen molar-refractivity contribution in [1.82, 2.24) is 5.32 Å². The van der Waals surface area contributed by atoms with Crippen LogP contribution in [0.3, 0.4) is 0 Å². The number of non-ortho nitro benzene ring substituents is 1. The number of amides is 1. The van der Waals surface area contributed by atoms with Crippen molar-refractivity contribution in [3.05, 3.63) is 111 Å². The van der Waals surface area contributed by atoms with Gasteiger partial charge in [0.1, 0.15) is 0 Å². The van der Waals surface area contributed by atoms with Gasteiger partial charge in [-0.1, -0.05) is 54.6 Å². The number of rotatable bonds is 5. The van der Waals surface area contributed by atoms with Gasteiger partial charge in [-0.2, -0.15) is 0 Å². The number of nitro groups is 1. The number of nitrogens with one attached hydrogen (secondary N) is 1. The van der Waals surface area contributed by atoms with Crippen LogP contribution in [-0.4, -0.2) is 10.8 Å². The molecule has 130 valence electrons. The summed E-state index contributed by atoms with van der Waals surface area (Å²) in [6.45, 7) is 2.00. The van der Waals surface area contributed by atoms with E-state index in [4.69, 9.17) is 0 Å². The van der Waals surface area contributed by atoms with Gasteiger partial charge in [0.25, 0.3) is 11.6 Å². The average molecular weight is 346 g/mol. The molecule has 3 aromatic rings. The van der Waals surface area contributed by atoms with Gasteiger partial charge in [0.05, 0.1) is 11.0 Å². The van der Waals surface area contributed by atoms with E-state index in [0.717, 1.165) is 16.7 Å². The van der Waals surface area contributed by atoms with Gasteiger partial charge in [-0.3, -0.25) is 14.9 Å². The first-order chi connectivity index (χ1) is 12.6. The highest BCUT2D eigenvalue weighted by atomic mass is 16.6. The molecule has 0 aliphatic rings. The van der Waals surface area contributed by atoms with Crippen LogP contribution in [-0.2, 0) is 0 Å². The molecule has 3 rings (SSSR count). The molecule has 1 N–H and O–H groups in total. The van der Waals surface area contributed by atoms with Crippen molar-refractivity contribution in [3.8, 4) is 0 Å². The Kier molecular flexibility index (Phi) is 5.08. The van der Waals surface area contributed by atoms with Gasteiger partial charge in [-0.25, -0.2) is 0 Å². The Morgan fingerprint density at radius 2 is 1.54 bits per heavy atom. The summed E-state index contributed by atoms with van der Waals surface area (Å²) in [7, 11) is 0. The van der Waals surface area contributed by atoms with Gasteiger partial charge in [-0.15, -0.1) is 0 Å². The molecule has 0 radical (unpaired) electrons. The lowest BCUT2D eigenvalue weighted by molar-refractivity contribution is -0.384. The van der Waals surface area contributed by atoms with Crippen LogP contribution in [0.2, 0.25) is 0 Å². The Balaban J connectivity index is 1.92. The maximum absolute atomic E-state index is 12.7. The SMILES string of the molecule is Cc1ccccc1C(NC(=O)c1ccc([N+](=O)[O-])cc1)c1ccccc1. The van der Waals surface area contributed by atoms with E-state index in [-0.39, 0.29) is 17.6 Å². The summed E-state index contributed by atoms with van der Waals surface area (Å²) in [4.78, 5) is 23.0. The zero-order chi connectivity index (χ0) is 18.5. The molecule has 1 unspecified atom stereocenters. The lowest BCUT2D eigenvalue weighted by Crippen LogP contribution is -2.29. The number of nitro benzene ring substituents is 1. The monoisotopic (exact) mass is 346 g/mol. The molecule has 1 atom stereocenters. The second-order valence-electron chi connectivity index (χ2n) is 5.98. The largest absolute Gasteiger partial charge is 0.341 e. The Morgan fingerprint density at radius 1 is 0.923 bits per heavy atom. The van der Waals surface area contributed by atoms with E-state index in [0.29, 0.717) is 5.56 Å². The molecule has 1 amide bonds. The maximum atomic E-state index is 12.7. The van der Waals surface area contributed by atoms with Crippen molar-refractivity contribution in [2.45, 2.75) is 13.0 Å². The van der Waals surface area contributed by atoms with Crippen LogP contribution in [0.15, 0.2) is 78.9 Å². The molecular weight excluding hydrogens is 328 g/mol. The summed E-state index contributed by atoms with van der Waals surface area (Å²) >= 11 is 0. The van der Waals surface area contributed by atoms with Crippen molar-refractivity contribution < 1.29 is 9.72 Å². The van der Waals surface area contributed by atoms with E-state index in [1.54, 1.807) is 0 Å². The molecular formula is C21H18N2O3. The minimum Gasteiger partial charge on any atom is -0.341 e. The molecule has 3 aromatic carbocycles. The zero-order valence-electron chi connectivity index (χ0n) is 14.3. The van der Waals surface area contributed by atoms with Crippen molar-refractivity contribution >= 4 is 11.6 Å². The lowest BCUT2D eigenvalue weighted by atomic mass is 9.94. The molecule has 0 saturated carbocycles. The summed E-state index contributed by atoms with van der Waals surface area (Å²) in [6.07, 6.45) is 0. The summed E-state index contributed by atoms with van der Waals surface area (Å²) in [6, 6.07) is 22.9. The normalized spacial score (nSPS) is 11.6. The van der Waals surface area contributed by atoms with Crippen LogP contribution in [0, 0.1) is 17.0 Å². The van der Waals surface area contributed by atoms with E-state index < -0.39 is 4.92 Å². The maximum Gasteiger partial charge on any atom is 0.269 e. The highest BCUT2D eigenvalue weighted by Gasteiger charge is 2.19. The molecule has 5 nitrogen and oxygen atoms in total. The summed E-state index contributed by atoms with van der Waals surface area (Å²) in [5, 5.41) is 13.8. The average Bonchev–Trinajstić information content (AvgIpc) is 2.67. The summed E-state index contributed by atoms with van der Waals surface area (Å²) in [5.74, 6) is -0.281. The fourth-order valence-corrected chi connectivity index (χ4v) is 2.85. The van der Waals surface area contributed by atoms with Crippen LogP contribution in [0.4, 0.5) is 5.69 Å². The van der Waals surface area contributed by atoms with Crippen molar-refractivity contribution in [2.75, 3.05) is 0 Å². The van der Waals surface area contributed by atoms with Gasteiger partial charge < -0.3 is 5.32 Å². The Bertz CT molecular complexity index is 922. The van der Waals surface area contributed by atoms with Gasteiger partial charge in [0.15, 0.2) is 0 Å². The first-order valence-electron chi connectivity index (χ1n) is 8.22. The molecule has 26 heavy (non-hydrogen) atoms. The molecule has 0 saturated heterocycles. The number of hydrogen-bond donors (Lipinski definition) is 1. The number of hydrogen-bond acceptors (Lipinski definition) is 3. The fraction of sp³-hybridized carbons (Fsp3) is 0.0952. The van der Waals surface area contributed by atoms with Gasteiger partial charge in [0.2, 0.25) is 0 Å². The first-order valence-corrected chi connectivity index (χ1v) is 8.22. The van der Waals surface area contributed by atoms with Crippen molar-refractivity contribution in [3.63, 3.8) is 0 Å². The second-order valence-corrected chi connectivity index (χ2v) is 5.98. The summed E-state index contributed by atoms with van der Waals surface area (Å²) < 4.78 is 0. The predicted molar refractivity (Wildman–Crippen MR) is 100 cm³/mol. The Hall–Kier alpha value is -3.47. The van der Waals surface area contributed by atoms with Crippen LogP contribution in [0.1, 0.15) is 33.1 Å². The fourth-order valence-electron chi connectivity index (χ4n) is 2.85. The smallest absolute Gasteiger partial charge is 0.269 e. The number of nitrogens with zero attached hydrogens (tertiary/aromatic N) is 1. The van der Waals surface area contributed by atoms with Crippen LogP contribution >= 0.6 is 0 Å². The lowest BCUT2D eigenvalue weighted by Gasteiger charge is -2.21. The minimum absolute atomic E-state index is 0.0416. The molecule has 0 fully saturated rings. The number of benzene rings is 3. The van der Waals surface area contributed by atoms with E-state index in [9.17, 15) is 14.9 Å². The minimum atomic E-state index is -0.484. The van der Waals surface area contributed by atoms with Gasteiger partial charge in [-0.05, 0) is 35.7 Å². The van der Waals surface area contributed by atoms with Crippen LogP contribution in [0.25, 0.3) is 0 Å². The molecule has 0 bridgehead atoms. The van der Waals surface area contributed by atoms with Crippen molar-refractivity contribution in [1.29, 1.82) is 0 Å². The van der Waals surface area contributed by atoms with Crippen LogP contribution in [0.5, 0.6) is 0 Å². The van der Waals surface area contributed by atoms with E-state index >= 15 is 0 Å². The predicted octanol–water partition coefficient (Wildman–Crippen LogP) is 4.42. The first kappa shape index (κ1) is 17.4. The van der Waals surface area contributed by atoms with E-state index in [1.807, 2.05) is 61.5 Å². The van der Waals surface area contributed by atoms with Gasteiger partial charge >= 0.3 is 0 Å². The van der Waals surface area contributed by atoms with Gasteiger partial charge in [0, 0.05) is 17.7 Å². The Labute approximate surface area is 151 Å². The Morgan fingerprint density at radius 3 is 2.15 bits per heavy atom. The quantitative estimate of drug-likeness (QED) is 0.549. The topological polar surface area (TPSA) is 72.2 Å². The highest BCUT2D eigenvalue weighted by Crippen LogP contribution is 2.25. The highest BCUT2D eigenvalue weighted by molar-refractivity contribution is 5.95. The van der Waals surface area contributed by atoms with Crippen molar-refractivity contribution in [2.24, 2.45) is 0 Å². The standard InChI is InChI=1S/C21H18N2O3/c1-15-7-5-6-10-19(15)20(16-8-3-2-4-9-16)22-21(24)17-11-13-18(14-12-17)23(25)26/h2-14,20H,1H3,(H,22,24). The third kappa shape index (κ3) is 3.78. The molecule has 0 aliphatic heterocycles. The van der Waals surface area contributed by atoms with Crippen LogP contribution < -0.4 is 5.32 Å². The third-order valence-corrected chi connectivity index (χ3v) is 4.25. The molecule has 0 spiro atoms. The second kappa shape index (κ2) is 7.61. The van der Waals surface area contributed by atoms with E-state index in [1.165, 1.54) is 24.3 Å². The molecule has 0 aromatic heterocycles. The molecule has 5 heteroatoms. The number of carbonyl (C=O) groups excluding carboxylic acids is 1. The third-order valence-electron chi connectivity index (χ3n) is 4.25. The zero-order valence-corrected chi connectivity index (χ0v) is 14.3. The molecule has 0 heterocycles. The summed E-state index contributed by atoms with van der Waals surface area (Å²) in [5.41, 5.74) is 3.39. The molecule has 0 aliphatic carbocycles. The number of carbonyl (C=O) groups is 1.